The SMILES string of the molecule is Cc1ccc(C)c(CC(=O)NCC(O)C(F)(F)F)c1. The summed E-state index contributed by atoms with van der Waals surface area (Å²) in [6.07, 6.45) is -7.25. The lowest BCUT2D eigenvalue weighted by molar-refractivity contribution is -0.201. The fourth-order valence-electron chi connectivity index (χ4n) is 1.55. The van der Waals surface area contributed by atoms with Crippen molar-refractivity contribution in [3.63, 3.8) is 0 Å². The molecule has 0 radical (unpaired) electrons. The van der Waals surface area contributed by atoms with E-state index in [9.17, 15) is 18.0 Å². The van der Waals surface area contributed by atoms with Crippen molar-refractivity contribution in [2.75, 3.05) is 6.54 Å². The molecule has 0 aliphatic rings. The first-order valence-corrected chi connectivity index (χ1v) is 5.77. The molecular weight excluding hydrogens is 259 g/mol. The molecule has 0 spiro atoms. The highest BCUT2D eigenvalue weighted by atomic mass is 19.4. The molecule has 0 aromatic heterocycles. The highest BCUT2D eigenvalue weighted by molar-refractivity contribution is 5.79. The van der Waals surface area contributed by atoms with Crippen LogP contribution in [0.5, 0.6) is 0 Å². The summed E-state index contributed by atoms with van der Waals surface area (Å²) >= 11 is 0. The van der Waals surface area contributed by atoms with Gasteiger partial charge in [-0.15, -0.1) is 0 Å². The first-order valence-electron chi connectivity index (χ1n) is 5.77. The van der Waals surface area contributed by atoms with Crippen molar-refractivity contribution in [1.82, 2.24) is 5.32 Å². The van der Waals surface area contributed by atoms with Crippen molar-refractivity contribution in [3.8, 4) is 0 Å². The van der Waals surface area contributed by atoms with Gasteiger partial charge in [-0.2, -0.15) is 13.2 Å². The van der Waals surface area contributed by atoms with Crippen LogP contribution in [0.3, 0.4) is 0 Å². The molecule has 1 aromatic rings. The molecule has 3 nitrogen and oxygen atoms in total. The Labute approximate surface area is 109 Å². The maximum Gasteiger partial charge on any atom is 0.416 e. The van der Waals surface area contributed by atoms with Crippen LogP contribution in [0, 0.1) is 13.8 Å². The van der Waals surface area contributed by atoms with Gasteiger partial charge in [0.05, 0.1) is 13.0 Å². The quantitative estimate of drug-likeness (QED) is 0.881. The van der Waals surface area contributed by atoms with Gasteiger partial charge >= 0.3 is 6.18 Å². The Morgan fingerprint density at radius 2 is 2.00 bits per heavy atom. The molecule has 1 unspecified atom stereocenters. The van der Waals surface area contributed by atoms with Crippen LogP contribution in [0.15, 0.2) is 18.2 Å². The zero-order valence-corrected chi connectivity index (χ0v) is 10.7. The van der Waals surface area contributed by atoms with Crippen LogP contribution in [0.2, 0.25) is 0 Å². The first-order chi connectivity index (χ1) is 8.70. The minimum absolute atomic E-state index is 0.00189. The van der Waals surface area contributed by atoms with E-state index in [2.05, 4.69) is 5.32 Å². The molecule has 0 aliphatic heterocycles. The highest BCUT2D eigenvalue weighted by Gasteiger charge is 2.38. The predicted octanol–water partition coefficient (Wildman–Crippen LogP) is 1.89. The Morgan fingerprint density at radius 3 is 2.58 bits per heavy atom. The second-order valence-corrected chi connectivity index (χ2v) is 4.47. The van der Waals surface area contributed by atoms with E-state index in [0.29, 0.717) is 0 Å². The van der Waals surface area contributed by atoms with Crippen LogP contribution in [0.1, 0.15) is 16.7 Å². The van der Waals surface area contributed by atoms with E-state index >= 15 is 0 Å². The van der Waals surface area contributed by atoms with Crippen LogP contribution in [0.25, 0.3) is 0 Å². The fraction of sp³-hybridized carbons (Fsp3) is 0.462. The van der Waals surface area contributed by atoms with Gasteiger partial charge in [0.1, 0.15) is 0 Å². The van der Waals surface area contributed by atoms with Crippen molar-refractivity contribution in [1.29, 1.82) is 0 Å². The van der Waals surface area contributed by atoms with Crippen LogP contribution < -0.4 is 5.32 Å². The monoisotopic (exact) mass is 275 g/mol. The molecule has 6 heteroatoms. The van der Waals surface area contributed by atoms with Gasteiger partial charge in [-0.1, -0.05) is 23.8 Å². The molecule has 19 heavy (non-hydrogen) atoms. The molecule has 1 atom stereocenters. The lowest BCUT2D eigenvalue weighted by atomic mass is 10.0. The number of amides is 1. The van der Waals surface area contributed by atoms with Crippen molar-refractivity contribution in [3.05, 3.63) is 34.9 Å². The molecule has 1 rings (SSSR count). The van der Waals surface area contributed by atoms with Gasteiger partial charge in [0.15, 0.2) is 6.10 Å². The molecule has 0 bridgehead atoms. The largest absolute Gasteiger partial charge is 0.416 e. The van der Waals surface area contributed by atoms with Gasteiger partial charge in [-0.3, -0.25) is 4.79 Å². The first kappa shape index (κ1) is 15.5. The zero-order valence-electron chi connectivity index (χ0n) is 10.7. The van der Waals surface area contributed by atoms with Gasteiger partial charge in [-0.05, 0) is 25.0 Å². The molecule has 2 N–H and O–H groups in total. The number of aryl methyl sites for hydroxylation is 2. The fourth-order valence-corrected chi connectivity index (χ4v) is 1.55. The van der Waals surface area contributed by atoms with E-state index in [-0.39, 0.29) is 6.42 Å². The Morgan fingerprint density at radius 1 is 1.37 bits per heavy atom. The maximum atomic E-state index is 12.0. The van der Waals surface area contributed by atoms with Gasteiger partial charge < -0.3 is 10.4 Å². The Kier molecular flexibility index (Phi) is 4.94. The third-order valence-electron chi connectivity index (χ3n) is 2.73. The minimum atomic E-state index is -4.72. The van der Waals surface area contributed by atoms with Crippen molar-refractivity contribution >= 4 is 5.91 Å². The second kappa shape index (κ2) is 6.06. The maximum absolute atomic E-state index is 12.0. The summed E-state index contributed by atoms with van der Waals surface area (Å²) in [6, 6.07) is 5.56. The van der Waals surface area contributed by atoms with Crippen molar-refractivity contribution < 1.29 is 23.1 Å². The van der Waals surface area contributed by atoms with E-state index in [4.69, 9.17) is 5.11 Å². The van der Waals surface area contributed by atoms with Gasteiger partial charge in [0.2, 0.25) is 5.91 Å². The molecule has 0 saturated heterocycles. The summed E-state index contributed by atoms with van der Waals surface area (Å²) in [5.41, 5.74) is 2.64. The standard InChI is InChI=1S/C13H16F3NO2/c1-8-3-4-9(2)10(5-8)6-12(19)17-7-11(18)13(14,15)16/h3-5,11,18H,6-7H2,1-2H3,(H,17,19). The number of alkyl halides is 3. The zero-order chi connectivity index (χ0) is 14.6. The average molecular weight is 275 g/mol. The number of halogens is 3. The smallest absolute Gasteiger partial charge is 0.382 e. The number of carbonyl (C=O) groups excluding carboxylic acids is 1. The summed E-state index contributed by atoms with van der Waals surface area (Å²) in [5.74, 6) is -0.544. The van der Waals surface area contributed by atoms with Crippen molar-refractivity contribution in [2.45, 2.75) is 32.5 Å². The minimum Gasteiger partial charge on any atom is -0.382 e. The molecule has 0 fully saturated rings. The van der Waals surface area contributed by atoms with Gasteiger partial charge in [0.25, 0.3) is 0 Å². The number of aliphatic hydroxyl groups excluding tert-OH is 1. The second-order valence-electron chi connectivity index (χ2n) is 4.47. The van der Waals surface area contributed by atoms with Crippen molar-refractivity contribution in [2.24, 2.45) is 0 Å². The molecule has 1 amide bonds. The van der Waals surface area contributed by atoms with Gasteiger partial charge in [0, 0.05) is 0 Å². The molecule has 1 aromatic carbocycles. The van der Waals surface area contributed by atoms with Crippen LogP contribution in [-0.4, -0.2) is 29.8 Å². The van der Waals surface area contributed by atoms with Gasteiger partial charge in [-0.25, -0.2) is 0 Å². The summed E-state index contributed by atoms with van der Waals surface area (Å²) in [5, 5.41) is 10.8. The molecule has 0 aliphatic carbocycles. The molecular formula is C13H16F3NO2. The number of hydrogen-bond donors (Lipinski definition) is 2. The lowest BCUT2D eigenvalue weighted by Gasteiger charge is -2.15. The third kappa shape index (κ3) is 4.90. The number of hydrogen-bond acceptors (Lipinski definition) is 2. The van der Waals surface area contributed by atoms with E-state index in [0.717, 1.165) is 16.7 Å². The number of nitrogens with one attached hydrogen (secondary N) is 1. The van der Waals surface area contributed by atoms with E-state index < -0.39 is 24.7 Å². The van der Waals surface area contributed by atoms with E-state index in [1.165, 1.54) is 0 Å². The van der Waals surface area contributed by atoms with Crippen LogP contribution in [0.4, 0.5) is 13.2 Å². The Balaban J connectivity index is 2.54. The number of rotatable bonds is 4. The summed E-state index contributed by atoms with van der Waals surface area (Å²) < 4.78 is 36.1. The number of aliphatic hydroxyl groups is 1. The average Bonchev–Trinajstić information content (AvgIpc) is 2.29. The number of benzene rings is 1. The topological polar surface area (TPSA) is 49.3 Å². The van der Waals surface area contributed by atoms with Crippen LogP contribution >= 0.6 is 0 Å². The highest BCUT2D eigenvalue weighted by Crippen LogP contribution is 2.19. The predicted molar refractivity (Wildman–Crippen MR) is 64.7 cm³/mol. The molecule has 106 valence electrons. The number of carbonyl (C=O) groups is 1. The summed E-state index contributed by atoms with van der Waals surface area (Å²) in [7, 11) is 0. The summed E-state index contributed by atoms with van der Waals surface area (Å²) in [4.78, 5) is 11.5. The summed E-state index contributed by atoms with van der Waals surface area (Å²) in [6.45, 7) is 2.87. The lowest BCUT2D eigenvalue weighted by Crippen LogP contribution is -2.41. The van der Waals surface area contributed by atoms with Crippen LogP contribution in [-0.2, 0) is 11.2 Å². The Bertz CT molecular complexity index is 458. The van der Waals surface area contributed by atoms with E-state index in [1.54, 1.807) is 0 Å². The molecule has 0 saturated carbocycles. The molecule has 0 heterocycles. The van der Waals surface area contributed by atoms with E-state index in [1.807, 2.05) is 32.0 Å². The normalized spacial score (nSPS) is 13.2. The Hall–Kier alpha value is -1.56. The third-order valence-corrected chi connectivity index (χ3v) is 2.73.